The van der Waals surface area contributed by atoms with Crippen LogP contribution in [-0.2, 0) is 0 Å². The van der Waals surface area contributed by atoms with Crippen LogP contribution in [0.15, 0.2) is 35.5 Å². The van der Waals surface area contributed by atoms with E-state index in [4.69, 9.17) is 0 Å². The maximum atomic E-state index is 10.7. The molecule has 0 radical (unpaired) electrons. The van der Waals surface area contributed by atoms with E-state index in [9.17, 15) is 15.3 Å². The molecule has 0 aromatic carbocycles. The first-order valence-electron chi connectivity index (χ1n) is 12.9. The average molecular weight is 445 g/mol. The molecule has 32 heavy (non-hydrogen) atoms. The predicted octanol–water partition coefficient (Wildman–Crippen LogP) is 6.34. The van der Waals surface area contributed by atoms with E-state index in [1.807, 2.05) is 27.7 Å². The van der Waals surface area contributed by atoms with Gasteiger partial charge in [0.25, 0.3) is 0 Å². The number of hydrogen-bond donors (Lipinski definition) is 3. The molecule has 0 aromatic rings. The molecule has 0 bridgehead atoms. The molecule has 0 spiro atoms. The minimum atomic E-state index is -0.701. The van der Waals surface area contributed by atoms with Crippen molar-refractivity contribution in [3.8, 4) is 0 Å². The lowest BCUT2D eigenvalue weighted by Gasteiger charge is -2.44. The fourth-order valence-electron chi connectivity index (χ4n) is 7.06. The maximum absolute atomic E-state index is 10.7. The number of hydrogen-bond acceptors (Lipinski definition) is 3. The molecule has 3 aliphatic rings. The lowest BCUT2D eigenvalue weighted by atomic mass is 9.60. The normalized spacial score (nSPS) is 38.8. The van der Waals surface area contributed by atoms with Gasteiger partial charge in [-0.3, -0.25) is 0 Å². The van der Waals surface area contributed by atoms with E-state index in [-0.39, 0.29) is 0 Å². The Labute approximate surface area is 196 Å². The van der Waals surface area contributed by atoms with Crippen molar-refractivity contribution in [3.05, 3.63) is 35.5 Å². The van der Waals surface area contributed by atoms with Gasteiger partial charge in [0.1, 0.15) is 0 Å². The van der Waals surface area contributed by atoms with E-state index in [1.54, 1.807) is 5.57 Å². The van der Waals surface area contributed by atoms with Crippen molar-refractivity contribution in [3.63, 3.8) is 0 Å². The largest absolute Gasteiger partial charge is 0.392 e. The third-order valence-electron chi connectivity index (χ3n) is 9.39. The summed E-state index contributed by atoms with van der Waals surface area (Å²) in [5.74, 6) is 2.08. The molecular weight excluding hydrogens is 396 g/mol. The Bertz CT molecular complexity index is 753. The number of aliphatic hydroxyl groups excluding tert-OH is 2. The molecule has 3 saturated carbocycles. The van der Waals surface area contributed by atoms with Gasteiger partial charge in [-0.2, -0.15) is 0 Å². The van der Waals surface area contributed by atoms with Crippen molar-refractivity contribution in [1.29, 1.82) is 0 Å². The summed E-state index contributed by atoms with van der Waals surface area (Å²) in [6.07, 6.45) is 13.2. The van der Waals surface area contributed by atoms with E-state index in [0.29, 0.717) is 23.7 Å². The third-order valence-corrected chi connectivity index (χ3v) is 9.39. The van der Waals surface area contributed by atoms with Crippen LogP contribution >= 0.6 is 0 Å². The lowest BCUT2D eigenvalue weighted by Crippen LogP contribution is -2.45. The molecule has 3 aliphatic carbocycles. The third kappa shape index (κ3) is 5.10. The summed E-state index contributed by atoms with van der Waals surface area (Å²) in [6, 6.07) is 0. The zero-order chi connectivity index (χ0) is 23.9. The molecule has 0 heterocycles. The van der Waals surface area contributed by atoms with Gasteiger partial charge in [-0.05, 0) is 93.1 Å². The SMILES string of the molecule is C=C1/C(=C\C=C2/CCC[C@@]3(C)C2CC[C@@H]3[C@H](C)CCCC(C)(C)O)C[C@@H](O)C(C)(C)C1O. The highest BCUT2D eigenvalue weighted by Crippen LogP contribution is 2.60. The summed E-state index contributed by atoms with van der Waals surface area (Å²) < 4.78 is 0. The van der Waals surface area contributed by atoms with Crippen molar-refractivity contribution in [1.82, 2.24) is 0 Å². The van der Waals surface area contributed by atoms with Crippen LogP contribution in [-0.4, -0.2) is 33.1 Å². The minimum absolute atomic E-state index is 0.362. The number of fused-ring (bicyclic) bond motifs is 1. The van der Waals surface area contributed by atoms with Gasteiger partial charge in [-0.15, -0.1) is 0 Å². The highest BCUT2D eigenvalue weighted by Gasteiger charge is 2.50. The van der Waals surface area contributed by atoms with Crippen molar-refractivity contribution in [2.24, 2.45) is 28.6 Å². The summed E-state index contributed by atoms with van der Waals surface area (Å²) in [7, 11) is 0. The van der Waals surface area contributed by atoms with Crippen molar-refractivity contribution in [2.75, 3.05) is 0 Å². The van der Waals surface area contributed by atoms with E-state index < -0.39 is 23.2 Å². The van der Waals surface area contributed by atoms with Crippen LogP contribution in [0.25, 0.3) is 0 Å². The van der Waals surface area contributed by atoms with Gasteiger partial charge in [0.05, 0.1) is 17.8 Å². The maximum Gasteiger partial charge on any atom is 0.0862 e. The zero-order valence-corrected chi connectivity index (χ0v) is 21.5. The van der Waals surface area contributed by atoms with E-state index in [2.05, 4.69) is 32.6 Å². The number of aliphatic hydroxyl groups is 3. The fraction of sp³-hybridized carbons (Fsp3) is 0.793. The Balaban J connectivity index is 1.72. The molecule has 182 valence electrons. The quantitative estimate of drug-likeness (QED) is 0.448. The van der Waals surface area contributed by atoms with E-state index in [0.717, 1.165) is 36.3 Å². The highest BCUT2D eigenvalue weighted by atomic mass is 16.3. The van der Waals surface area contributed by atoms with Crippen LogP contribution in [0, 0.1) is 28.6 Å². The number of rotatable bonds is 6. The summed E-state index contributed by atoms with van der Waals surface area (Å²) >= 11 is 0. The Hall–Kier alpha value is -0.900. The molecule has 0 amide bonds. The summed E-state index contributed by atoms with van der Waals surface area (Å²) in [5.41, 5.74) is 2.57. The van der Waals surface area contributed by atoms with Gasteiger partial charge in [0.2, 0.25) is 0 Å². The molecular formula is C29H48O3. The van der Waals surface area contributed by atoms with E-state index >= 15 is 0 Å². The standard InChI is InChI=1S/C29H48O3/c1-19(10-8-16-27(3,4)32)23-14-15-24-21(11-9-17-29(23,24)7)12-13-22-18-25(30)28(5,6)26(31)20(22)2/h12-13,19,23-26,30-32H,2,8-11,14-18H2,1,3-7H3/b21-12+,22-13-/t19-,23-,24?,25-,26?,29-/m1/s1. The zero-order valence-electron chi connectivity index (χ0n) is 21.5. The molecule has 0 aromatic heterocycles. The fourth-order valence-corrected chi connectivity index (χ4v) is 7.06. The summed E-state index contributed by atoms with van der Waals surface area (Å²) in [4.78, 5) is 0. The highest BCUT2D eigenvalue weighted by molar-refractivity contribution is 5.40. The van der Waals surface area contributed by atoms with E-state index in [1.165, 1.54) is 32.1 Å². The van der Waals surface area contributed by atoms with Crippen LogP contribution < -0.4 is 0 Å². The van der Waals surface area contributed by atoms with Crippen LogP contribution in [0.5, 0.6) is 0 Å². The second-order valence-corrected chi connectivity index (χ2v) is 12.7. The van der Waals surface area contributed by atoms with Gasteiger partial charge in [-0.25, -0.2) is 0 Å². The van der Waals surface area contributed by atoms with Gasteiger partial charge in [0, 0.05) is 5.41 Å². The molecule has 3 rings (SSSR count). The van der Waals surface area contributed by atoms with Gasteiger partial charge in [0.15, 0.2) is 0 Å². The molecule has 6 atom stereocenters. The topological polar surface area (TPSA) is 60.7 Å². The summed E-state index contributed by atoms with van der Waals surface area (Å²) in [6.45, 7) is 16.8. The Kier molecular flexibility index (Phi) is 7.55. The van der Waals surface area contributed by atoms with Gasteiger partial charge >= 0.3 is 0 Å². The second-order valence-electron chi connectivity index (χ2n) is 12.7. The van der Waals surface area contributed by atoms with Crippen molar-refractivity contribution in [2.45, 2.75) is 117 Å². The molecule has 3 heteroatoms. The van der Waals surface area contributed by atoms with Gasteiger partial charge in [-0.1, -0.05) is 64.8 Å². The Morgan fingerprint density at radius 1 is 1.16 bits per heavy atom. The molecule has 3 nitrogen and oxygen atoms in total. The first kappa shape index (κ1) is 25.7. The molecule has 3 fully saturated rings. The molecule has 0 saturated heterocycles. The first-order chi connectivity index (χ1) is 14.8. The van der Waals surface area contributed by atoms with Crippen LogP contribution in [0.2, 0.25) is 0 Å². The molecule has 3 N–H and O–H groups in total. The minimum Gasteiger partial charge on any atom is -0.392 e. The second kappa shape index (κ2) is 9.39. The summed E-state index contributed by atoms with van der Waals surface area (Å²) in [5, 5.41) is 31.3. The van der Waals surface area contributed by atoms with Crippen LogP contribution in [0.1, 0.15) is 99.3 Å². The number of allylic oxidation sites excluding steroid dienone is 3. The average Bonchev–Trinajstić information content (AvgIpc) is 3.05. The van der Waals surface area contributed by atoms with Crippen LogP contribution in [0.3, 0.4) is 0 Å². The Morgan fingerprint density at radius 3 is 2.50 bits per heavy atom. The van der Waals surface area contributed by atoms with Gasteiger partial charge < -0.3 is 15.3 Å². The lowest BCUT2D eigenvalue weighted by molar-refractivity contribution is -0.0404. The first-order valence-corrected chi connectivity index (χ1v) is 12.9. The smallest absolute Gasteiger partial charge is 0.0862 e. The monoisotopic (exact) mass is 444 g/mol. The Morgan fingerprint density at radius 2 is 1.84 bits per heavy atom. The molecule has 0 aliphatic heterocycles. The van der Waals surface area contributed by atoms with Crippen molar-refractivity contribution >= 4 is 0 Å². The van der Waals surface area contributed by atoms with Crippen LogP contribution in [0.4, 0.5) is 0 Å². The molecule has 2 unspecified atom stereocenters. The van der Waals surface area contributed by atoms with Crippen molar-refractivity contribution < 1.29 is 15.3 Å². The predicted molar refractivity (Wildman–Crippen MR) is 133 cm³/mol.